The number of H-pyrrole nitrogens is 1. The molecule has 0 fully saturated rings. The van der Waals surface area contributed by atoms with E-state index in [0.29, 0.717) is 22.2 Å². The second-order valence-electron chi connectivity index (χ2n) is 2.54. The second kappa shape index (κ2) is 3.11. The Morgan fingerprint density at radius 3 is 2.77 bits per heavy atom. The lowest BCUT2D eigenvalue weighted by Crippen LogP contribution is -1.78. The van der Waals surface area contributed by atoms with Crippen molar-refractivity contribution in [1.82, 2.24) is 4.98 Å². The smallest absolute Gasteiger partial charge is 0.168 e. The van der Waals surface area contributed by atoms with Gasteiger partial charge in [-0.2, -0.15) is 0 Å². The van der Waals surface area contributed by atoms with Gasteiger partial charge in [-0.3, -0.25) is 4.79 Å². The molecule has 3 nitrogen and oxygen atoms in total. The van der Waals surface area contributed by atoms with Gasteiger partial charge in [0.2, 0.25) is 0 Å². The SMILES string of the molecule is O=Cc1ccc(-c2occc2Cl)[nH]1. The average Bonchev–Trinajstić information content (AvgIpc) is 2.71. The van der Waals surface area contributed by atoms with E-state index in [0.717, 1.165) is 6.29 Å². The maximum absolute atomic E-state index is 10.4. The largest absolute Gasteiger partial charge is 0.461 e. The lowest BCUT2D eigenvalue weighted by molar-refractivity contribution is 0.111. The van der Waals surface area contributed by atoms with Gasteiger partial charge in [0.15, 0.2) is 12.0 Å². The summed E-state index contributed by atoms with van der Waals surface area (Å²) in [5, 5.41) is 0.527. The summed E-state index contributed by atoms with van der Waals surface area (Å²) in [6.45, 7) is 0. The summed E-state index contributed by atoms with van der Waals surface area (Å²) in [5.41, 5.74) is 1.21. The number of aldehydes is 1. The Bertz CT molecular complexity index is 430. The molecular formula is C9H6ClNO2. The van der Waals surface area contributed by atoms with Crippen molar-refractivity contribution in [2.24, 2.45) is 0 Å². The van der Waals surface area contributed by atoms with E-state index in [1.807, 2.05) is 0 Å². The van der Waals surface area contributed by atoms with E-state index in [9.17, 15) is 4.79 Å². The zero-order chi connectivity index (χ0) is 9.26. The van der Waals surface area contributed by atoms with E-state index in [1.165, 1.54) is 6.26 Å². The van der Waals surface area contributed by atoms with Crippen molar-refractivity contribution in [3.05, 3.63) is 35.2 Å². The summed E-state index contributed by atoms with van der Waals surface area (Å²) < 4.78 is 5.13. The van der Waals surface area contributed by atoms with Crippen LogP contribution in [0.15, 0.2) is 28.9 Å². The Balaban J connectivity index is 2.46. The van der Waals surface area contributed by atoms with Crippen molar-refractivity contribution in [1.29, 1.82) is 0 Å². The predicted molar refractivity (Wildman–Crippen MR) is 48.9 cm³/mol. The van der Waals surface area contributed by atoms with E-state index in [4.69, 9.17) is 16.0 Å². The van der Waals surface area contributed by atoms with Gasteiger partial charge in [0, 0.05) is 0 Å². The van der Waals surface area contributed by atoms with Gasteiger partial charge in [-0.15, -0.1) is 0 Å². The fourth-order valence-corrected chi connectivity index (χ4v) is 1.30. The predicted octanol–water partition coefficient (Wildman–Crippen LogP) is 2.74. The van der Waals surface area contributed by atoms with Gasteiger partial charge in [-0.1, -0.05) is 11.6 Å². The van der Waals surface area contributed by atoms with Gasteiger partial charge in [-0.05, 0) is 18.2 Å². The van der Waals surface area contributed by atoms with E-state index in [-0.39, 0.29) is 0 Å². The van der Waals surface area contributed by atoms with E-state index >= 15 is 0 Å². The van der Waals surface area contributed by atoms with Gasteiger partial charge < -0.3 is 9.40 Å². The minimum atomic E-state index is 0.502. The molecule has 1 N–H and O–H groups in total. The monoisotopic (exact) mass is 195 g/mol. The Kier molecular flexibility index (Phi) is 1.94. The van der Waals surface area contributed by atoms with E-state index in [1.54, 1.807) is 18.2 Å². The van der Waals surface area contributed by atoms with Crippen molar-refractivity contribution < 1.29 is 9.21 Å². The molecule has 13 heavy (non-hydrogen) atoms. The van der Waals surface area contributed by atoms with Gasteiger partial charge >= 0.3 is 0 Å². The lowest BCUT2D eigenvalue weighted by atomic mass is 10.3. The summed E-state index contributed by atoms with van der Waals surface area (Å²) in [5.74, 6) is 0.551. The van der Waals surface area contributed by atoms with Crippen LogP contribution in [0.2, 0.25) is 5.02 Å². The summed E-state index contributed by atoms with van der Waals surface area (Å²) in [4.78, 5) is 13.2. The van der Waals surface area contributed by atoms with Crippen LogP contribution >= 0.6 is 11.6 Å². The number of nitrogens with one attached hydrogen (secondary N) is 1. The standard InChI is InChI=1S/C9H6ClNO2/c10-7-3-4-13-9(7)8-2-1-6(5-12)11-8/h1-5,11H. The molecule has 0 saturated carbocycles. The molecule has 66 valence electrons. The highest BCUT2D eigenvalue weighted by Crippen LogP contribution is 2.27. The summed E-state index contributed by atoms with van der Waals surface area (Å²) in [6, 6.07) is 5.06. The number of halogens is 1. The molecule has 0 bridgehead atoms. The van der Waals surface area contributed by atoms with Crippen LogP contribution in [0.4, 0.5) is 0 Å². The normalized spacial score (nSPS) is 10.2. The zero-order valence-corrected chi connectivity index (χ0v) is 7.34. The molecule has 0 aliphatic carbocycles. The number of carbonyl (C=O) groups excluding carboxylic acids is 1. The third kappa shape index (κ3) is 1.38. The van der Waals surface area contributed by atoms with Crippen LogP contribution in [0.25, 0.3) is 11.5 Å². The highest BCUT2D eigenvalue weighted by molar-refractivity contribution is 6.32. The van der Waals surface area contributed by atoms with E-state index < -0.39 is 0 Å². The molecule has 0 aliphatic heterocycles. The fourth-order valence-electron chi connectivity index (χ4n) is 1.10. The number of rotatable bonds is 2. The molecule has 0 spiro atoms. The molecule has 2 aromatic rings. The van der Waals surface area contributed by atoms with Gasteiger partial charge in [0.1, 0.15) is 0 Å². The number of hydrogen-bond acceptors (Lipinski definition) is 2. The molecule has 2 rings (SSSR count). The molecule has 4 heteroatoms. The van der Waals surface area contributed by atoms with Crippen LogP contribution in [0.1, 0.15) is 10.5 Å². The summed E-state index contributed by atoms with van der Waals surface area (Å²) in [6.07, 6.45) is 2.24. The first kappa shape index (κ1) is 8.13. The van der Waals surface area contributed by atoms with Crippen molar-refractivity contribution in [2.75, 3.05) is 0 Å². The second-order valence-corrected chi connectivity index (χ2v) is 2.95. The summed E-state index contributed by atoms with van der Waals surface area (Å²) in [7, 11) is 0. The molecule has 0 atom stereocenters. The average molecular weight is 196 g/mol. The molecule has 0 unspecified atom stereocenters. The Labute approximate surface area is 79.3 Å². The van der Waals surface area contributed by atoms with Crippen LogP contribution in [-0.4, -0.2) is 11.3 Å². The highest BCUT2D eigenvalue weighted by atomic mass is 35.5. The van der Waals surface area contributed by atoms with Crippen molar-refractivity contribution in [3.8, 4) is 11.5 Å². The van der Waals surface area contributed by atoms with Gasteiger partial charge in [0.05, 0.1) is 22.7 Å². The first-order chi connectivity index (χ1) is 6.31. The third-order valence-electron chi connectivity index (χ3n) is 1.70. The van der Waals surface area contributed by atoms with Gasteiger partial charge in [0.25, 0.3) is 0 Å². The Hall–Kier alpha value is -1.48. The quantitative estimate of drug-likeness (QED) is 0.749. The molecule has 0 saturated heterocycles. The molecule has 2 aromatic heterocycles. The molecule has 2 heterocycles. The summed E-state index contributed by atoms with van der Waals surface area (Å²) >= 11 is 5.82. The minimum absolute atomic E-state index is 0.502. The third-order valence-corrected chi connectivity index (χ3v) is 1.99. The Morgan fingerprint density at radius 1 is 1.38 bits per heavy atom. The molecule has 0 aliphatic rings. The number of aromatic nitrogens is 1. The first-order valence-electron chi connectivity index (χ1n) is 3.69. The minimum Gasteiger partial charge on any atom is -0.461 e. The molecular weight excluding hydrogens is 190 g/mol. The van der Waals surface area contributed by atoms with Crippen molar-refractivity contribution >= 4 is 17.9 Å². The topological polar surface area (TPSA) is 46.0 Å². The maximum atomic E-state index is 10.4. The van der Waals surface area contributed by atoms with Crippen LogP contribution in [0, 0.1) is 0 Å². The zero-order valence-electron chi connectivity index (χ0n) is 6.58. The Morgan fingerprint density at radius 2 is 2.23 bits per heavy atom. The number of aromatic amines is 1. The van der Waals surface area contributed by atoms with Crippen LogP contribution < -0.4 is 0 Å². The van der Waals surface area contributed by atoms with Gasteiger partial charge in [-0.25, -0.2) is 0 Å². The van der Waals surface area contributed by atoms with Crippen molar-refractivity contribution in [3.63, 3.8) is 0 Å². The first-order valence-corrected chi connectivity index (χ1v) is 4.06. The highest BCUT2D eigenvalue weighted by Gasteiger charge is 2.08. The lowest BCUT2D eigenvalue weighted by Gasteiger charge is -1.91. The fraction of sp³-hybridized carbons (Fsp3) is 0. The van der Waals surface area contributed by atoms with Crippen molar-refractivity contribution in [2.45, 2.75) is 0 Å². The maximum Gasteiger partial charge on any atom is 0.168 e. The number of carbonyl (C=O) groups is 1. The molecule has 0 amide bonds. The van der Waals surface area contributed by atoms with Crippen LogP contribution in [0.5, 0.6) is 0 Å². The number of hydrogen-bond donors (Lipinski definition) is 1. The van der Waals surface area contributed by atoms with E-state index in [2.05, 4.69) is 4.98 Å². The van der Waals surface area contributed by atoms with Crippen LogP contribution in [0.3, 0.4) is 0 Å². The van der Waals surface area contributed by atoms with Crippen LogP contribution in [-0.2, 0) is 0 Å². The number of furan rings is 1. The molecule has 0 radical (unpaired) electrons. The molecule has 0 aromatic carbocycles.